The third kappa shape index (κ3) is 3.58. The van der Waals surface area contributed by atoms with E-state index >= 15 is 0 Å². The molecule has 0 unspecified atom stereocenters. The van der Waals surface area contributed by atoms with E-state index in [1.165, 1.54) is 4.80 Å². The Morgan fingerprint density at radius 2 is 1.92 bits per heavy atom. The molecule has 0 saturated carbocycles. The van der Waals surface area contributed by atoms with E-state index in [0.717, 1.165) is 5.82 Å². The van der Waals surface area contributed by atoms with Gasteiger partial charge < -0.3 is 0 Å². The molecule has 1 aromatic heterocycles. The predicted octanol–water partition coefficient (Wildman–Crippen LogP) is -0.250. The average molecular weight is 170 g/mol. The van der Waals surface area contributed by atoms with Crippen LogP contribution in [0.1, 0.15) is 25.6 Å². The molecular formula is C6H10N4O2. The average Bonchev–Trinajstić information content (AvgIpc) is 2.37. The fraction of sp³-hybridized carbons (Fsp3) is 0.667. The van der Waals surface area contributed by atoms with Gasteiger partial charge in [0.05, 0.1) is 7.05 Å². The fourth-order valence-electron chi connectivity index (χ4n) is 0.530. The molecule has 1 aromatic rings. The number of carbonyl (C=O) groups excluding carboxylic acids is 2. The van der Waals surface area contributed by atoms with Gasteiger partial charge >= 0.3 is 6.15 Å². The summed E-state index contributed by atoms with van der Waals surface area (Å²) in [7, 11) is 1.76. The van der Waals surface area contributed by atoms with Crippen molar-refractivity contribution in [2.45, 2.75) is 19.8 Å². The molecule has 12 heavy (non-hydrogen) atoms. The molecular weight excluding hydrogens is 160 g/mol. The molecule has 0 N–H and O–H groups in total. The summed E-state index contributed by atoms with van der Waals surface area (Å²) in [5, 5.41) is 11.5. The van der Waals surface area contributed by atoms with Crippen molar-refractivity contribution >= 4 is 6.15 Å². The van der Waals surface area contributed by atoms with Crippen LogP contribution in [0.25, 0.3) is 0 Å². The number of aromatic nitrogens is 4. The highest BCUT2D eigenvalue weighted by molar-refractivity contribution is 5.20. The molecule has 0 aliphatic heterocycles. The zero-order valence-electron chi connectivity index (χ0n) is 7.18. The Bertz CT molecular complexity index is 262. The van der Waals surface area contributed by atoms with E-state index < -0.39 is 0 Å². The monoisotopic (exact) mass is 170 g/mol. The lowest BCUT2D eigenvalue weighted by atomic mass is 10.2. The quantitative estimate of drug-likeness (QED) is 0.580. The minimum absolute atomic E-state index is 0.250. The predicted molar refractivity (Wildman–Crippen MR) is 37.9 cm³/mol. The molecule has 0 fully saturated rings. The van der Waals surface area contributed by atoms with Gasteiger partial charge in [0.2, 0.25) is 0 Å². The Morgan fingerprint density at radius 1 is 1.42 bits per heavy atom. The van der Waals surface area contributed by atoms with Crippen molar-refractivity contribution in [2.75, 3.05) is 0 Å². The van der Waals surface area contributed by atoms with Crippen LogP contribution in [0.15, 0.2) is 0 Å². The normalized spacial score (nSPS) is 8.67. The number of rotatable bonds is 1. The second kappa shape index (κ2) is 5.15. The number of tetrazole rings is 1. The number of aryl methyl sites for hydroxylation is 1. The first-order valence-electron chi connectivity index (χ1n) is 3.35. The van der Waals surface area contributed by atoms with Gasteiger partial charge in [0, 0.05) is 5.92 Å². The summed E-state index contributed by atoms with van der Waals surface area (Å²) in [5.41, 5.74) is 0. The second-order valence-electron chi connectivity index (χ2n) is 2.38. The molecule has 0 aromatic carbocycles. The summed E-state index contributed by atoms with van der Waals surface area (Å²) in [5.74, 6) is 1.18. The third-order valence-corrected chi connectivity index (χ3v) is 1.04. The molecule has 66 valence electrons. The second-order valence-corrected chi connectivity index (χ2v) is 2.38. The van der Waals surface area contributed by atoms with Crippen LogP contribution in [0.5, 0.6) is 0 Å². The molecule has 0 aliphatic rings. The van der Waals surface area contributed by atoms with Crippen LogP contribution in [0, 0.1) is 0 Å². The first kappa shape index (κ1) is 10.4. The van der Waals surface area contributed by atoms with Crippen LogP contribution in [-0.2, 0) is 16.6 Å². The van der Waals surface area contributed by atoms with Gasteiger partial charge in [-0.3, -0.25) is 0 Å². The largest absolute Gasteiger partial charge is 0.373 e. The van der Waals surface area contributed by atoms with E-state index in [1.54, 1.807) is 7.05 Å². The van der Waals surface area contributed by atoms with E-state index in [-0.39, 0.29) is 6.15 Å². The fourth-order valence-corrected chi connectivity index (χ4v) is 0.530. The van der Waals surface area contributed by atoms with Crippen molar-refractivity contribution in [1.29, 1.82) is 0 Å². The Hall–Kier alpha value is -1.55. The maximum atomic E-state index is 8.12. The smallest absolute Gasteiger partial charge is 0.186 e. The summed E-state index contributed by atoms with van der Waals surface area (Å²) in [6, 6.07) is 0. The SMILES string of the molecule is CC(C)c1nnn(C)n1.O=C=O. The molecule has 0 atom stereocenters. The first-order chi connectivity index (χ1) is 5.61. The highest BCUT2D eigenvalue weighted by Crippen LogP contribution is 2.04. The van der Waals surface area contributed by atoms with Gasteiger partial charge in [0.15, 0.2) is 5.82 Å². The van der Waals surface area contributed by atoms with Gasteiger partial charge in [-0.15, -0.1) is 10.2 Å². The molecule has 0 spiro atoms. The van der Waals surface area contributed by atoms with Gasteiger partial charge in [-0.25, -0.2) is 0 Å². The van der Waals surface area contributed by atoms with E-state index in [4.69, 9.17) is 9.59 Å². The topological polar surface area (TPSA) is 77.7 Å². The summed E-state index contributed by atoms with van der Waals surface area (Å²) < 4.78 is 0. The van der Waals surface area contributed by atoms with E-state index in [9.17, 15) is 0 Å². The molecule has 0 saturated heterocycles. The maximum absolute atomic E-state index is 8.12. The van der Waals surface area contributed by atoms with Gasteiger partial charge in [-0.2, -0.15) is 14.4 Å². The molecule has 0 bridgehead atoms. The molecule has 0 radical (unpaired) electrons. The highest BCUT2D eigenvalue weighted by Gasteiger charge is 2.03. The standard InChI is InChI=1S/C5H10N4.CO2/c1-4(2)5-6-8-9(3)7-5;2-1-3/h4H,1-3H3;. The Kier molecular flexibility index (Phi) is 4.48. The summed E-state index contributed by atoms with van der Waals surface area (Å²) >= 11 is 0. The van der Waals surface area contributed by atoms with Gasteiger partial charge in [-0.1, -0.05) is 13.8 Å². The van der Waals surface area contributed by atoms with Crippen LogP contribution in [0.2, 0.25) is 0 Å². The van der Waals surface area contributed by atoms with Gasteiger partial charge in [-0.05, 0) is 5.21 Å². The number of hydrogen-bond acceptors (Lipinski definition) is 5. The van der Waals surface area contributed by atoms with Gasteiger partial charge in [0.1, 0.15) is 0 Å². The van der Waals surface area contributed by atoms with Crippen LogP contribution in [0.3, 0.4) is 0 Å². The van der Waals surface area contributed by atoms with Crippen molar-refractivity contribution in [2.24, 2.45) is 7.05 Å². The van der Waals surface area contributed by atoms with E-state index in [0.29, 0.717) is 5.92 Å². The molecule has 0 amide bonds. The molecule has 0 aliphatic carbocycles. The Balaban J connectivity index is 0.000000354. The van der Waals surface area contributed by atoms with Crippen molar-refractivity contribution in [3.05, 3.63) is 5.82 Å². The molecule has 6 nitrogen and oxygen atoms in total. The third-order valence-electron chi connectivity index (χ3n) is 1.04. The number of hydrogen-bond donors (Lipinski definition) is 0. The van der Waals surface area contributed by atoms with Crippen molar-refractivity contribution in [3.8, 4) is 0 Å². The summed E-state index contributed by atoms with van der Waals surface area (Å²) in [6.45, 7) is 4.08. The first-order valence-corrected chi connectivity index (χ1v) is 3.35. The minimum atomic E-state index is 0.250. The van der Waals surface area contributed by atoms with Crippen LogP contribution in [0.4, 0.5) is 0 Å². The zero-order valence-corrected chi connectivity index (χ0v) is 7.18. The number of nitrogens with zero attached hydrogens (tertiary/aromatic N) is 4. The molecule has 6 heteroatoms. The van der Waals surface area contributed by atoms with Crippen LogP contribution >= 0.6 is 0 Å². The van der Waals surface area contributed by atoms with Crippen molar-refractivity contribution < 1.29 is 9.59 Å². The van der Waals surface area contributed by atoms with E-state index in [1.807, 2.05) is 13.8 Å². The lowest BCUT2D eigenvalue weighted by Crippen LogP contribution is -1.94. The Morgan fingerprint density at radius 3 is 2.08 bits per heavy atom. The molecule has 1 heterocycles. The lowest BCUT2D eigenvalue weighted by Gasteiger charge is -1.91. The summed E-state index contributed by atoms with van der Waals surface area (Å²) in [4.78, 5) is 17.7. The van der Waals surface area contributed by atoms with Crippen LogP contribution in [-0.4, -0.2) is 26.4 Å². The highest BCUT2D eigenvalue weighted by atomic mass is 16.2. The van der Waals surface area contributed by atoms with E-state index in [2.05, 4.69) is 15.4 Å². The Labute approximate surface area is 69.6 Å². The zero-order chi connectivity index (χ0) is 9.56. The molecule has 1 rings (SSSR count). The van der Waals surface area contributed by atoms with Crippen molar-refractivity contribution in [1.82, 2.24) is 20.2 Å². The van der Waals surface area contributed by atoms with Crippen molar-refractivity contribution in [3.63, 3.8) is 0 Å². The van der Waals surface area contributed by atoms with Gasteiger partial charge in [0.25, 0.3) is 0 Å². The lowest BCUT2D eigenvalue weighted by molar-refractivity contribution is -0.191. The van der Waals surface area contributed by atoms with Crippen LogP contribution < -0.4 is 0 Å². The maximum Gasteiger partial charge on any atom is 0.373 e. The minimum Gasteiger partial charge on any atom is -0.186 e. The summed E-state index contributed by atoms with van der Waals surface area (Å²) in [6.07, 6.45) is 0.250.